The van der Waals surface area contributed by atoms with E-state index in [2.05, 4.69) is 0 Å². The number of benzene rings is 2. The average molecular weight is 455 g/mol. The third-order valence-corrected chi connectivity index (χ3v) is 6.46. The summed E-state index contributed by atoms with van der Waals surface area (Å²) in [5.41, 5.74) is 1.87. The quantitative estimate of drug-likeness (QED) is 0.559. The Labute approximate surface area is 181 Å². The van der Waals surface area contributed by atoms with Crippen LogP contribution in [0.2, 0.25) is 0 Å². The lowest BCUT2D eigenvalue weighted by molar-refractivity contribution is 0.153. The maximum atomic E-state index is 12.1. The molecule has 2 N–H and O–H groups in total. The van der Waals surface area contributed by atoms with Crippen LogP contribution >= 0.6 is 11.8 Å². The number of anilines is 1. The van der Waals surface area contributed by atoms with E-state index in [9.17, 15) is 23.4 Å². The minimum absolute atomic E-state index is 0.00287. The van der Waals surface area contributed by atoms with Gasteiger partial charge in [0, 0.05) is 17.5 Å². The van der Waals surface area contributed by atoms with E-state index in [1.165, 1.54) is 7.05 Å². The first kappa shape index (κ1) is 23.8. The molecule has 8 nitrogen and oxygen atoms in total. The first-order chi connectivity index (χ1) is 14.1. The van der Waals surface area contributed by atoms with Crippen LogP contribution in [-0.2, 0) is 16.6 Å². The normalized spacial score (nSPS) is 11.2. The van der Waals surface area contributed by atoms with Crippen LogP contribution in [0.1, 0.15) is 11.1 Å². The van der Waals surface area contributed by atoms with E-state index in [1.54, 1.807) is 30.0 Å². The van der Waals surface area contributed by atoms with Crippen LogP contribution in [0.25, 0.3) is 0 Å². The number of nitrogens with zero attached hydrogens (tertiary/aromatic N) is 2. The molecule has 0 aromatic heterocycles. The van der Waals surface area contributed by atoms with Gasteiger partial charge in [0.25, 0.3) is 0 Å². The second-order valence-corrected chi connectivity index (χ2v) is 9.48. The lowest BCUT2D eigenvalue weighted by atomic mass is 10.1. The van der Waals surface area contributed by atoms with Crippen molar-refractivity contribution in [2.75, 3.05) is 37.0 Å². The van der Waals surface area contributed by atoms with Gasteiger partial charge in [-0.2, -0.15) is 0 Å². The molecule has 0 unspecified atom stereocenters. The first-order valence-electron chi connectivity index (χ1n) is 9.05. The third kappa shape index (κ3) is 6.04. The Hall–Kier alpha value is -2.43. The summed E-state index contributed by atoms with van der Waals surface area (Å²) in [6.07, 6.45) is 1.91. The fourth-order valence-electron chi connectivity index (χ4n) is 2.89. The van der Waals surface area contributed by atoms with Crippen LogP contribution < -0.4 is 9.04 Å². The molecular weight excluding hydrogens is 428 g/mol. The van der Waals surface area contributed by atoms with Crippen LogP contribution in [0.5, 0.6) is 11.5 Å². The van der Waals surface area contributed by atoms with E-state index in [0.29, 0.717) is 22.7 Å². The Bertz CT molecular complexity index is 1010. The van der Waals surface area contributed by atoms with Crippen molar-refractivity contribution in [3.8, 4) is 11.5 Å². The number of aliphatic hydroxyl groups is 1. The van der Waals surface area contributed by atoms with Crippen LogP contribution in [-0.4, -0.2) is 62.3 Å². The van der Waals surface area contributed by atoms with Gasteiger partial charge in [0.2, 0.25) is 10.0 Å². The minimum atomic E-state index is -3.63. The van der Waals surface area contributed by atoms with Crippen LogP contribution in [0.4, 0.5) is 10.5 Å². The van der Waals surface area contributed by atoms with Crippen molar-refractivity contribution in [2.24, 2.45) is 0 Å². The third-order valence-electron chi connectivity index (χ3n) is 4.36. The Balaban J connectivity index is 2.48. The Morgan fingerprint density at radius 3 is 2.43 bits per heavy atom. The number of thioether (sulfide) groups is 1. The van der Waals surface area contributed by atoms with E-state index >= 15 is 0 Å². The number of aliphatic hydroxyl groups excluding tert-OH is 1. The number of ether oxygens (including phenoxy) is 1. The van der Waals surface area contributed by atoms with E-state index < -0.39 is 16.1 Å². The van der Waals surface area contributed by atoms with Gasteiger partial charge in [-0.05, 0) is 55.1 Å². The fraction of sp³-hybridized carbons (Fsp3) is 0.350. The zero-order valence-electron chi connectivity index (χ0n) is 17.3. The lowest BCUT2D eigenvalue weighted by Gasteiger charge is -2.24. The monoisotopic (exact) mass is 454 g/mol. The van der Waals surface area contributed by atoms with Crippen molar-refractivity contribution in [2.45, 2.75) is 18.4 Å². The second-order valence-electron chi connectivity index (χ2n) is 6.72. The van der Waals surface area contributed by atoms with Crippen molar-refractivity contribution in [1.29, 1.82) is 0 Å². The Kier molecular flexibility index (Phi) is 7.99. The summed E-state index contributed by atoms with van der Waals surface area (Å²) in [4.78, 5) is 13.5. The number of hydrogen-bond donors (Lipinski definition) is 2. The molecule has 0 saturated carbocycles. The van der Waals surface area contributed by atoms with E-state index in [1.807, 2.05) is 31.4 Å². The fourth-order valence-corrected chi connectivity index (χ4v) is 4.38. The molecule has 164 valence electrons. The molecule has 2 aromatic rings. The second kappa shape index (κ2) is 10.1. The van der Waals surface area contributed by atoms with Gasteiger partial charge in [-0.1, -0.05) is 0 Å². The summed E-state index contributed by atoms with van der Waals surface area (Å²) >= 11 is 1.63. The molecule has 0 radical (unpaired) electrons. The first-order valence-corrected chi connectivity index (χ1v) is 12.1. The number of carbonyl (C=O) groups is 1. The predicted molar refractivity (Wildman–Crippen MR) is 118 cm³/mol. The van der Waals surface area contributed by atoms with Gasteiger partial charge >= 0.3 is 6.09 Å². The summed E-state index contributed by atoms with van der Waals surface area (Å²) in [6.45, 7) is 1.51. The van der Waals surface area contributed by atoms with Crippen molar-refractivity contribution < 1.29 is 28.2 Å². The maximum Gasteiger partial charge on any atom is 0.407 e. The van der Waals surface area contributed by atoms with Crippen molar-refractivity contribution in [3.63, 3.8) is 0 Å². The number of hydrogen-bond acceptors (Lipinski definition) is 6. The van der Waals surface area contributed by atoms with Crippen LogP contribution in [0.15, 0.2) is 41.3 Å². The zero-order chi connectivity index (χ0) is 22.5. The highest BCUT2D eigenvalue weighted by atomic mass is 32.2. The smallest absolute Gasteiger partial charge is 0.407 e. The van der Waals surface area contributed by atoms with Crippen molar-refractivity contribution in [3.05, 3.63) is 47.5 Å². The summed E-state index contributed by atoms with van der Waals surface area (Å²) in [7, 11) is -2.21. The molecule has 0 fully saturated rings. The van der Waals surface area contributed by atoms with Gasteiger partial charge in [-0.3, -0.25) is 4.31 Å². The minimum Gasteiger partial charge on any atom is -0.465 e. The summed E-state index contributed by atoms with van der Waals surface area (Å²) in [6, 6.07) is 10.4. The SMILES string of the molecule is CSc1ccc(Oc2ccc(N(CCO)S(C)(=O)=O)cc2CN(C)C(=O)O)cc1C. The lowest BCUT2D eigenvalue weighted by Crippen LogP contribution is -2.32. The van der Waals surface area contributed by atoms with E-state index in [-0.39, 0.29) is 19.7 Å². The van der Waals surface area contributed by atoms with Crippen molar-refractivity contribution in [1.82, 2.24) is 4.90 Å². The number of sulfonamides is 1. The van der Waals surface area contributed by atoms with Crippen molar-refractivity contribution >= 4 is 33.6 Å². The van der Waals surface area contributed by atoms with E-state index in [4.69, 9.17) is 4.74 Å². The Morgan fingerprint density at radius 2 is 1.90 bits per heavy atom. The van der Waals surface area contributed by atoms with Gasteiger partial charge in [0.1, 0.15) is 11.5 Å². The summed E-state index contributed by atoms with van der Waals surface area (Å²) < 4.78 is 31.3. The molecule has 0 aliphatic carbocycles. The van der Waals surface area contributed by atoms with Crippen LogP contribution in [0, 0.1) is 6.92 Å². The number of amides is 1. The highest BCUT2D eigenvalue weighted by Crippen LogP contribution is 2.33. The average Bonchev–Trinajstić information content (AvgIpc) is 2.66. The number of carboxylic acid groups (broad SMARTS) is 1. The standard InChI is InChI=1S/C20H26N2O6S2/c1-14-11-17(6-8-19(14)29-3)28-18-7-5-16(22(9-10-23)30(4,26)27)12-15(18)13-21(2)20(24)25/h5-8,11-12,23H,9-10,13H2,1-4H3,(H,24,25). The molecule has 0 aliphatic heterocycles. The molecule has 0 aliphatic rings. The van der Waals surface area contributed by atoms with Gasteiger partial charge in [-0.15, -0.1) is 11.8 Å². The maximum absolute atomic E-state index is 12.1. The molecule has 2 aromatic carbocycles. The highest BCUT2D eigenvalue weighted by molar-refractivity contribution is 7.98. The topological polar surface area (TPSA) is 107 Å². The van der Waals surface area contributed by atoms with Gasteiger partial charge < -0.3 is 19.8 Å². The molecule has 30 heavy (non-hydrogen) atoms. The number of rotatable bonds is 9. The molecule has 0 spiro atoms. The number of aryl methyl sites for hydroxylation is 1. The van der Waals surface area contributed by atoms with Gasteiger partial charge in [0.05, 0.1) is 31.6 Å². The summed E-state index contributed by atoms with van der Waals surface area (Å²) in [5.74, 6) is 1.01. The van der Waals surface area contributed by atoms with Crippen LogP contribution in [0.3, 0.4) is 0 Å². The van der Waals surface area contributed by atoms with Gasteiger partial charge in [0.15, 0.2) is 0 Å². The zero-order valence-corrected chi connectivity index (χ0v) is 19.0. The largest absolute Gasteiger partial charge is 0.465 e. The molecule has 0 saturated heterocycles. The van der Waals surface area contributed by atoms with Gasteiger partial charge in [-0.25, -0.2) is 13.2 Å². The molecule has 0 bridgehead atoms. The van der Waals surface area contributed by atoms with E-state index in [0.717, 1.165) is 25.9 Å². The predicted octanol–water partition coefficient (Wildman–Crippen LogP) is 3.38. The summed E-state index contributed by atoms with van der Waals surface area (Å²) in [5, 5.41) is 18.5. The molecule has 2 rings (SSSR count). The molecular formula is C20H26N2O6S2. The molecule has 10 heteroatoms. The Morgan fingerprint density at radius 1 is 1.20 bits per heavy atom. The molecule has 0 heterocycles. The highest BCUT2D eigenvalue weighted by Gasteiger charge is 2.20. The molecule has 0 atom stereocenters. The molecule has 1 amide bonds.